The molecule has 0 spiro atoms. The van der Waals surface area contributed by atoms with Gasteiger partial charge in [0.2, 0.25) is 5.91 Å². The highest BCUT2D eigenvalue weighted by Crippen LogP contribution is 2.37. The number of hydrogen-bond acceptors (Lipinski definition) is 2. The number of hydrogen-bond donors (Lipinski definition) is 2. The van der Waals surface area contributed by atoms with Gasteiger partial charge >= 0.3 is 0 Å². The number of benzene rings is 1. The molecule has 2 N–H and O–H groups in total. The molecule has 1 unspecified atom stereocenters. The quantitative estimate of drug-likeness (QED) is 0.819. The van der Waals surface area contributed by atoms with Gasteiger partial charge < -0.3 is 10.4 Å². The lowest BCUT2D eigenvalue weighted by molar-refractivity contribution is -0.119. The molecule has 1 aromatic rings. The molecule has 1 atom stereocenters. The number of carbonyl (C=O) groups excluding carboxylic acids is 1. The van der Waals surface area contributed by atoms with Crippen LogP contribution >= 0.6 is 0 Å². The third kappa shape index (κ3) is 3.55. The third-order valence-electron chi connectivity index (χ3n) is 3.28. The van der Waals surface area contributed by atoms with E-state index in [9.17, 15) is 9.18 Å². The topological polar surface area (TPSA) is 49.3 Å². The summed E-state index contributed by atoms with van der Waals surface area (Å²) < 4.78 is 13.7. The maximum absolute atomic E-state index is 13.7. The normalized spacial score (nSPS) is 15.3. The molecule has 1 amide bonds. The Hall–Kier alpha value is -1.86. The van der Waals surface area contributed by atoms with Crippen molar-refractivity contribution in [3.63, 3.8) is 0 Å². The first-order valence-electron chi connectivity index (χ1n) is 6.32. The number of aliphatic hydroxyl groups excluding tert-OH is 1. The lowest BCUT2D eigenvalue weighted by Crippen LogP contribution is -2.21. The van der Waals surface area contributed by atoms with Crippen molar-refractivity contribution in [2.24, 2.45) is 11.8 Å². The van der Waals surface area contributed by atoms with Gasteiger partial charge in [0.1, 0.15) is 12.4 Å². The lowest BCUT2D eigenvalue weighted by Gasteiger charge is -2.11. The Balaban J connectivity index is 2.05. The van der Waals surface area contributed by atoms with E-state index in [0.29, 0.717) is 11.6 Å². The molecule has 4 heteroatoms. The number of anilines is 1. The first-order valence-corrected chi connectivity index (χ1v) is 6.32. The van der Waals surface area contributed by atoms with Gasteiger partial charge in [-0.05, 0) is 37.0 Å². The monoisotopic (exact) mass is 261 g/mol. The Labute approximate surface area is 111 Å². The van der Waals surface area contributed by atoms with E-state index in [1.807, 2.05) is 6.92 Å². The van der Waals surface area contributed by atoms with E-state index in [1.165, 1.54) is 12.1 Å². The van der Waals surface area contributed by atoms with Crippen LogP contribution in [-0.2, 0) is 4.79 Å². The van der Waals surface area contributed by atoms with Crippen molar-refractivity contribution >= 4 is 11.6 Å². The minimum Gasteiger partial charge on any atom is -0.384 e. The smallest absolute Gasteiger partial charge is 0.227 e. The number of aliphatic hydroxyl groups is 1. The van der Waals surface area contributed by atoms with Gasteiger partial charge in [0.25, 0.3) is 0 Å². The van der Waals surface area contributed by atoms with Crippen molar-refractivity contribution in [3.05, 3.63) is 29.6 Å². The standard InChI is InChI=1S/C15H16FNO2/c1-10(11-4-5-11)15(19)17-13-7-6-12(3-2-8-18)14(16)9-13/h6-7,9-11,18H,4-5,8H2,1H3,(H,17,19). The van der Waals surface area contributed by atoms with Crippen LogP contribution in [0.3, 0.4) is 0 Å². The summed E-state index contributed by atoms with van der Waals surface area (Å²) >= 11 is 0. The Kier molecular flexibility index (Phi) is 4.18. The largest absolute Gasteiger partial charge is 0.384 e. The van der Waals surface area contributed by atoms with E-state index in [1.54, 1.807) is 6.07 Å². The molecule has 19 heavy (non-hydrogen) atoms. The summed E-state index contributed by atoms with van der Waals surface area (Å²) in [6.45, 7) is 1.58. The fraction of sp³-hybridized carbons (Fsp3) is 0.400. The predicted molar refractivity (Wildman–Crippen MR) is 70.9 cm³/mol. The Morgan fingerprint density at radius 2 is 2.32 bits per heavy atom. The number of carbonyl (C=O) groups is 1. The number of amides is 1. The van der Waals surface area contributed by atoms with Crippen LogP contribution in [0.2, 0.25) is 0 Å². The highest BCUT2D eigenvalue weighted by Gasteiger charge is 2.32. The second kappa shape index (κ2) is 5.85. The molecular weight excluding hydrogens is 245 g/mol. The summed E-state index contributed by atoms with van der Waals surface area (Å²) in [6.07, 6.45) is 2.19. The van der Waals surface area contributed by atoms with Crippen LogP contribution in [0.1, 0.15) is 25.3 Å². The molecule has 3 nitrogen and oxygen atoms in total. The van der Waals surface area contributed by atoms with Crippen LogP contribution in [0.4, 0.5) is 10.1 Å². The van der Waals surface area contributed by atoms with Gasteiger partial charge in [-0.25, -0.2) is 4.39 Å². The minimum atomic E-state index is -0.502. The summed E-state index contributed by atoms with van der Waals surface area (Å²) in [5, 5.41) is 11.3. The average Bonchev–Trinajstić information content (AvgIpc) is 3.21. The number of nitrogens with one attached hydrogen (secondary N) is 1. The highest BCUT2D eigenvalue weighted by atomic mass is 19.1. The maximum Gasteiger partial charge on any atom is 0.227 e. The summed E-state index contributed by atoms with van der Waals surface area (Å²) in [5.74, 6) is 4.76. The van der Waals surface area contributed by atoms with Crippen LogP contribution in [0, 0.1) is 29.5 Å². The summed E-state index contributed by atoms with van der Waals surface area (Å²) in [6, 6.07) is 4.36. The fourth-order valence-corrected chi connectivity index (χ4v) is 1.90. The Morgan fingerprint density at radius 3 is 2.89 bits per heavy atom. The van der Waals surface area contributed by atoms with Gasteiger partial charge in [-0.1, -0.05) is 18.8 Å². The van der Waals surface area contributed by atoms with Gasteiger partial charge in [-0.3, -0.25) is 4.79 Å². The van der Waals surface area contributed by atoms with Crippen LogP contribution in [0.15, 0.2) is 18.2 Å². The summed E-state index contributed by atoms with van der Waals surface area (Å²) in [7, 11) is 0. The molecule has 100 valence electrons. The van der Waals surface area contributed by atoms with Crippen LogP contribution in [0.25, 0.3) is 0 Å². The van der Waals surface area contributed by atoms with Crippen molar-refractivity contribution in [3.8, 4) is 11.8 Å². The molecule has 0 saturated heterocycles. The first kappa shape index (κ1) is 13.6. The Bertz CT molecular complexity index is 541. The van der Waals surface area contributed by atoms with Crippen LogP contribution in [0.5, 0.6) is 0 Å². The molecule has 1 saturated carbocycles. The molecular formula is C15H16FNO2. The van der Waals surface area contributed by atoms with E-state index in [4.69, 9.17) is 5.11 Å². The van der Waals surface area contributed by atoms with E-state index < -0.39 is 5.82 Å². The molecule has 1 aliphatic rings. The van der Waals surface area contributed by atoms with Crippen LogP contribution < -0.4 is 5.32 Å². The molecule has 1 fully saturated rings. The highest BCUT2D eigenvalue weighted by molar-refractivity contribution is 5.92. The van der Waals surface area contributed by atoms with E-state index in [0.717, 1.165) is 12.8 Å². The molecule has 0 heterocycles. The minimum absolute atomic E-state index is 0.0306. The van der Waals surface area contributed by atoms with Crippen molar-refractivity contribution in [1.29, 1.82) is 0 Å². The first-order chi connectivity index (χ1) is 9.11. The number of rotatable bonds is 3. The fourth-order valence-electron chi connectivity index (χ4n) is 1.90. The molecule has 1 aliphatic carbocycles. The van der Waals surface area contributed by atoms with Gasteiger partial charge in [0.15, 0.2) is 0 Å². The molecule has 2 rings (SSSR count). The van der Waals surface area contributed by atoms with E-state index in [2.05, 4.69) is 17.2 Å². The second-order valence-electron chi connectivity index (χ2n) is 4.77. The van der Waals surface area contributed by atoms with Crippen LogP contribution in [-0.4, -0.2) is 17.6 Å². The zero-order valence-electron chi connectivity index (χ0n) is 10.7. The SMILES string of the molecule is CC(C(=O)Nc1ccc(C#CCO)c(F)c1)C1CC1. The van der Waals surface area contributed by atoms with Gasteiger partial charge in [-0.15, -0.1) is 0 Å². The molecule has 0 bridgehead atoms. The van der Waals surface area contributed by atoms with Crippen molar-refractivity contribution < 1.29 is 14.3 Å². The maximum atomic E-state index is 13.7. The van der Waals surface area contributed by atoms with Crippen molar-refractivity contribution in [2.75, 3.05) is 11.9 Å². The van der Waals surface area contributed by atoms with Crippen molar-refractivity contribution in [1.82, 2.24) is 0 Å². The van der Waals surface area contributed by atoms with E-state index >= 15 is 0 Å². The zero-order valence-corrected chi connectivity index (χ0v) is 10.7. The molecule has 1 aromatic carbocycles. The lowest BCUT2D eigenvalue weighted by atomic mass is 10.1. The summed E-state index contributed by atoms with van der Waals surface area (Å²) in [5.41, 5.74) is 0.645. The average molecular weight is 261 g/mol. The zero-order chi connectivity index (χ0) is 13.8. The Morgan fingerprint density at radius 1 is 1.58 bits per heavy atom. The van der Waals surface area contributed by atoms with Gasteiger partial charge in [0, 0.05) is 11.6 Å². The number of halogens is 1. The van der Waals surface area contributed by atoms with Gasteiger partial charge in [0.05, 0.1) is 5.56 Å². The van der Waals surface area contributed by atoms with Gasteiger partial charge in [-0.2, -0.15) is 0 Å². The van der Waals surface area contributed by atoms with Crippen molar-refractivity contribution in [2.45, 2.75) is 19.8 Å². The molecule has 0 aliphatic heterocycles. The summed E-state index contributed by atoms with van der Waals surface area (Å²) in [4.78, 5) is 11.9. The third-order valence-corrected chi connectivity index (χ3v) is 3.28. The molecule has 0 radical (unpaired) electrons. The van der Waals surface area contributed by atoms with E-state index in [-0.39, 0.29) is 24.0 Å². The second-order valence-corrected chi connectivity index (χ2v) is 4.77. The molecule has 0 aromatic heterocycles. The predicted octanol–water partition coefficient (Wildman–Crippen LogP) is 2.15.